The molecule has 2 amide bonds. The van der Waals surface area contributed by atoms with E-state index in [1.54, 1.807) is 6.92 Å². The summed E-state index contributed by atoms with van der Waals surface area (Å²) in [5, 5.41) is 4.94. The highest BCUT2D eigenvalue weighted by Crippen LogP contribution is 2.23. The minimum absolute atomic E-state index is 0.0953. The number of carbonyl (C=O) groups is 1. The highest BCUT2D eigenvalue weighted by Gasteiger charge is 2.31. The zero-order valence-corrected chi connectivity index (χ0v) is 13.7. The fourth-order valence-electron chi connectivity index (χ4n) is 2.47. The van der Waals surface area contributed by atoms with Crippen molar-refractivity contribution in [2.45, 2.75) is 31.1 Å². The van der Waals surface area contributed by atoms with E-state index in [1.165, 1.54) is 18.2 Å². The molecule has 0 spiro atoms. The Kier molecular flexibility index (Phi) is 5.28. The minimum Gasteiger partial charge on any atom is -0.337 e. The molecular formula is C14H18ClFN2O3S. The lowest BCUT2D eigenvalue weighted by atomic mass is 10.1. The van der Waals surface area contributed by atoms with Crippen molar-refractivity contribution in [1.29, 1.82) is 0 Å². The van der Waals surface area contributed by atoms with Crippen LogP contribution in [0.1, 0.15) is 31.4 Å². The van der Waals surface area contributed by atoms with Crippen LogP contribution in [0, 0.1) is 5.82 Å². The molecule has 1 heterocycles. The van der Waals surface area contributed by atoms with Crippen LogP contribution in [-0.2, 0) is 9.84 Å². The maximum absolute atomic E-state index is 13.0. The molecule has 1 fully saturated rings. The molecule has 2 atom stereocenters. The van der Waals surface area contributed by atoms with E-state index < -0.39 is 33.0 Å². The number of urea groups is 1. The molecule has 122 valence electrons. The lowest BCUT2D eigenvalue weighted by Gasteiger charge is -2.17. The van der Waals surface area contributed by atoms with Crippen molar-refractivity contribution in [1.82, 2.24) is 10.6 Å². The second-order valence-electron chi connectivity index (χ2n) is 5.37. The molecule has 1 aromatic carbocycles. The number of hydrogen-bond donors (Lipinski definition) is 2. The first-order valence-corrected chi connectivity index (χ1v) is 9.10. The van der Waals surface area contributed by atoms with E-state index in [9.17, 15) is 17.6 Å². The van der Waals surface area contributed by atoms with E-state index in [0.29, 0.717) is 18.4 Å². The van der Waals surface area contributed by atoms with Crippen LogP contribution in [0.15, 0.2) is 18.2 Å². The van der Waals surface area contributed by atoms with Gasteiger partial charge in [0.25, 0.3) is 0 Å². The highest BCUT2D eigenvalue weighted by atomic mass is 35.5. The SMILES string of the molecule is CC(NC(=O)NCC1CCCS1(=O)=O)c1ccc(F)cc1Cl. The summed E-state index contributed by atoms with van der Waals surface area (Å²) >= 11 is 5.93. The number of rotatable bonds is 4. The van der Waals surface area contributed by atoms with E-state index in [-0.39, 0.29) is 17.3 Å². The van der Waals surface area contributed by atoms with E-state index in [0.717, 1.165) is 0 Å². The smallest absolute Gasteiger partial charge is 0.315 e. The predicted molar refractivity (Wildman–Crippen MR) is 83.2 cm³/mol. The molecule has 5 nitrogen and oxygen atoms in total. The molecule has 2 N–H and O–H groups in total. The molecule has 8 heteroatoms. The fraction of sp³-hybridized carbons (Fsp3) is 0.500. The third kappa shape index (κ3) is 4.10. The van der Waals surface area contributed by atoms with Crippen molar-refractivity contribution < 1.29 is 17.6 Å². The summed E-state index contributed by atoms with van der Waals surface area (Å²) in [4.78, 5) is 11.8. The summed E-state index contributed by atoms with van der Waals surface area (Å²) in [6.07, 6.45) is 1.21. The van der Waals surface area contributed by atoms with Crippen molar-refractivity contribution in [2.75, 3.05) is 12.3 Å². The van der Waals surface area contributed by atoms with Crippen LogP contribution in [-0.4, -0.2) is 32.0 Å². The van der Waals surface area contributed by atoms with Crippen molar-refractivity contribution >= 4 is 27.5 Å². The van der Waals surface area contributed by atoms with Gasteiger partial charge < -0.3 is 10.6 Å². The number of amides is 2. The second kappa shape index (κ2) is 6.83. The molecule has 2 rings (SSSR count). The van der Waals surface area contributed by atoms with Gasteiger partial charge in [-0.1, -0.05) is 17.7 Å². The Balaban J connectivity index is 1.89. The van der Waals surface area contributed by atoms with Crippen LogP contribution in [0.3, 0.4) is 0 Å². The van der Waals surface area contributed by atoms with E-state index in [1.807, 2.05) is 0 Å². The third-order valence-corrected chi connectivity index (χ3v) is 6.33. The Hall–Kier alpha value is -1.34. The van der Waals surface area contributed by atoms with Crippen LogP contribution < -0.4 is 10.6 Å². The van der Waals surface area contributed by atoms with Crippen LogP contribution in [0.2, 0.25) is 5.02 Å². The number of sulfone groups is 1. The first-order chi connectivity index (χ1) is 10.3. The van der Waals surface area contributed by atoms with Gasteiger partial charge >= 0.3 is 6.03 Å². The number of carbonyl (C=O) groups excluding carboxylic acids is 1. The summed E-state index contributed by atoms with van der Waals surface area (Å²) in [7, 11) is -3.08. The number of halogens is 2. The van der Waals surface area contributed by atoms with Gasteiger partial charge in [0.15, 0.2) is 9.84 Å². The topological polar surface area (TPSA) is 75.3 Å². The summed E-state index contributed by atoms with van der Waals surface area (Å²) in [6.45, 7) is 1.81. The molecule has 1 aromatic rings. The standard InChI is InChI=1S/C14H18ClFN2O3S/c1-9(12-5-4-10(16)7-13(12)15)18-14(19)17-8-11-3-2-6-22(11,20)21/h4-5,7,9,11H,2-3,6,8H2,1H3,(H2,17,18,19). The number of benzene rings is 1. The largest absolute Gasteiger partial charge is 0.337 e. The van der Waals surface area contributed by atoms with Crippen molar-refractivity contribution in [2.24, 2.45) is 0 Å². The molecular weight excluding hydrogens is 331 g/mol. The Morgan fingerprint density at radius 3 is 2.82 bits per heavy atom. The first kappa shape index (κ1) is 17.0. The summed E-state index contributed by atoms with van der Waals surface area (Å²) in [5.41, 5.74) is 0.590. The molecule has 0 aromatic heterocycles. The highest BCUT2D eigenvalue weighted by molar-refractivity contribution is 7.92. The van der Waals surface area contributed by atoms with E-state index in [2.05, 4.69) is 10.6 Å². The molecule has 1 aliphatic heterocycles. The third-order valence-electron chi connectivity index (χ3n) is 3.73. The van der Waals surface area contributed by atoms with E-state index in [4.69, 9.17) is 11.6 Å². The van der Waals surface area contributed by atoms with Gasteiger partial charge in [0.2, 0.25) is 0 Å². The zero-order valence-electron chi connectivity index (χ0n) is 12.1. The van der Waals surface area contributed by atoms with Crippen LogP contribution in [0.25, 0.3) is 0 Å². The normalized spacial score (nSPS) is 21.3. The molecule has 1 saturated heterocycles. The van der Waals surface area contributed by atoms with Crippen molar-refractivity contribution in [3.63, 3.8) is 0 Å². The van der Waals surface area contributed by atoms with Gasteiger partial charge in [0, 0.05) is 11.6 Å². The molecule has 0 aliphatic carbocycles. The lowest BCUT2D eigenvalue weighted by Crippen LogP contribution is -2.41. The summed E-state index contributed by atoms with van der Waals surface area (Å²) < 4.78 is 36.3. The average molecular weight is 349 g/mol. The first-order valence-electron chi connectivity index (χ1n) is 7.00. The van der Waals surface area contributed by atoms with Gasteiger partial charge in [-0.15, -0.1) is 0 Å². The number of hydrogen-bond acceptors (Lipinski definition) is 3. The quantitative estimate of drug-likeness (QED) is 0.877. The molecule has 0 bridgehead atoms. The zero-order chi connectivity index (χ0) is 16.3. The van der Waals surface area contributed by atoms with Crippen LogP contribution in [0.5, 0.6) is 0 Å². The Morgan fingerprint density at radius 2 is 2.23 bits per heavy atom. The van der Waals surface area contributed by atoms with Gasteiger partial charge in [-0.3, -0.25) is 0 Å². The molecule has 0 saturated carbocycles. The number of nitrogens with one attached hydrogen (secondary N) is 2. The van der Waals surface area contributed by atoms with Crippen molar-refractivity contribution in [3.8, 4) is 0 Å². The summed E-state index contributed by atoms with van der Waals surface area (Å²) in [6, 6.07) is 3.05. The maximum Gasteiger partial charge on any atom is 0.315 e. The Bertz CT molecular complexity index is 666. The molecule has 22 heavy (non-hydrogen) atoms. The fourth-order valence-corrected chi connectivity index (χ4v) is 4.57. The monoisotopic (exact) mass is 348 g/mol. The predicted octanol–water partition coefficient (Wildman–Crippen LogP) is 2.42. The second-order valence-corrected chi connectivity index (χ2v) is 8.18. The minimum atomic E-state index is -3.08. The van der Waals surface area contributed by atoms with Gasteiger partial charge in [-0.25, -0.2) is 17.6 Å². The lowest BCUT2D eigenvalue weighted by molar-refractivity contribution is 0.238. The summed E-state index contributed by atoms with van der Waals surface area (Å²) in [5.74, 6) is -0.264. The van der Waals surface area contributed by atoms with Crippen LogP contribution in [0.4, 0.5) is 9.18 Å². The molecule has 1 aliphatic rings. The average Bonchev–Trinajstić information content (AvgIpc) is 2.75. The van der Waals surface area contributed by atoms with E-state index >= 15 is 0 Å². The van der Waals surface area contributed by atoms with Crippen LogP contribution >= 0.6 is 11.6 Å². The maximum atomic E-state index is 13.0. The molecule has 2 unspecified atom stereocenters. The Labute approximate surface area is 134 Å². The van der Waals surface area contributed by atoms with Gasteiger partial charge in [-0.05, 0) is 37.5 Å². The van der Waals surface area contributed by atoms with Gasteiger partial charge in [0.1, 0.15) is 5.82 Å². The van der Waals surface area contributed by atoms with Gasteiger partial charge in [0.05, 0.1) is 17.0 Å². The van der Waals surface area contributed by atoms with Crippen molar-refractivity contribution in [3.05, 3.63) is 34.6 Å². The molecule has 0 radical (unpaired) electrons. The Morgan fingerprint density at radius 1 is 1.50 bits per heavy atom. The van der Waals surface area contributed by atoms with Gasteiger partial charge in [-0.2, -0.15) is 0 Å².